The Morgan fingerprint density at radius 2 is 1.74 bits per heavy atom. The highest BCUT2D eigenvalue weighted by Gasteiger charge is 2.30. The molecule has 0 aliphatic carbocycles. The zero-order valence-electron chi connectivity index (χ0n) is 20.2. The van der Waals surface area contributed by atoms with Crippen LogP contribution in [-0.2, 0) is 10.9 Å². The van der Waals surface area contributed by atoms with Gasteiger partial charge in [-0.25, -0.2) is 19.6 Å². The van der Waals surface area contributed by atoms with Crippen LogP contribution in [0.15, 0.2) is 48.5 Å². The summed E-state index contributed by atoms with van der Waals surface area (Å²) in [6, 6.07) is 9.79. The number of nitrogens with one attached hydrogen (secondary N) is 2. The minimum absolute atomic E-state index is 0.0198. The highest BCUT2D eigenvalue weighted by molar-refractivity contribution is 6.00. The van der Waals surface area contributed by atoms with Gasteiger partial charge >= 0.3 is 18.2 Å². The Hall–Kier alpha value is -4.39. The van der Waals surface area contributed by atoms with Gasteiger partial charge in [0.2, 0.25) is 0 Å². The molecule has 200 valence electrons. The minimum atomic E-state index is -4.53. The minimum Gasteiger partial charge on any atom is -0.488 e. The summed E-state index contributed by atoms with van der Waals surface area (Å²) < 4.78 is 49.7. The zero-order chi connectivity index (χ0) is 27.3. The molecule has 1 aliphatic heterocycles. The number of ether oxygens (including phenoxy) is 2. The predicted octanol–water partition coefficient (Wildman–Crippen LogP) is 4.74. The molecule has 3 N–H and O–H groups in total. The van der Waals surface area contributed by atoms with Gasteiger partial charge in [0.05, 0.1) is 25.4 Å². The van der Waals surface area contributed by atoms with E-state index in [9.17, 15) is 27.9 Å². The molecule has 4 rings (SSSR count). The van der Waals surface area contributed by atoms with Crippen LogP contribution in [0.4, 0.5) is 35.2 Å². The maximum atomic E-state index is 12.9. The fourth-order valence-electron chi connectivity index (χ4n) is 3.75. The van der Waals surface area contributed by atoms with Crippen LogP contribution in [0.2, 0.25) is 0 Å². The molecule has 1 saturated heterocycles. The topological polar surface area (TPSA) is 126 Å². The molecule has 2 amide bonds. The number of alkyl halides is 3. The molecular formula is C25H24F3N5O5. The SMILES string of the molecule is CCOc1c(C(=O)O)nc(-c2ccc(NC(=O)Nc3cccc(C(F)(F)F)c3)cc2)nc1N1CCOCC1. The number of hydrogen-bond donors (Lipinski definition) is 3. The number of amides is 2. The van der Waals surface area contributed by atoms with Gasteiger partial charge in [-0.15, -0.1) is 0 Å². The largest absolute Gasteiger partial charge is 0.488 e. The summed E-state index contributed by atoms with van der Waals surface area (Å²) in [6.07, 6.45) is -4.53. The van der Waals surface area contributed by atoms with E-state index in [0.717, 1.165) is 12.1 Å². The molecule has 0 radical (unpaired) electrons. The average Bonchev–Trinajstić information content (AvgIpc) is 2.89. The van der Waals surface area contributed by atoms with Crippen molar-refractivity contribution in [3.05, 3.63) is 59.8 Å². The normalized spacial score (nSPS) is 13.6. The van der Waals surface area contributed by atoms with Crippen molar-refractivity contribution in [2.45, 2.75) is 13.1 Å². The Morgan fingerprint density at radius 3 is 2.37 bits per heavy atom. The van der Waals surface area contributed by atoms with Crippen molar-refractivity contribution in [3.8, 4) is 17.1 Å². The number of nitrogens with zero attached hydrogens (tertiary/aromatic N) is 3. The van der Waals surface area contributed by atoms with Gasteiger partial charge in [0.1, 0.15) is 0 Å². The van der Waals surface area contributed by atoms with E-state index in [1.54, 1.807) is 19.1 Å². The third-order valence-electron chi connectivity index (χ3n) is 5.50. The van der Waals surface area contributed by atoms with Crippen LogP contribution >= 0.6 is 0 Å². The summed E-state index contributed by atoms with van der Waals surface area (Å²) in [5.41, 5.74) is -0.355. The van der Waals surface area contributed by atoms with E-state index in [0.29, 0.717) is 43.4 Å². The van der Waals surface area contributed by atoms with Crippen LogP contribution in [0.25, 0.3) is 11.4 Å². The molecule has 1 fully saturated rings. The summed E-state index contributed by atoms with van der Waals surface area (Å²) in [5, 5.41) is 14.7. The maximum absolute atomic E-state index is 12.9. The van der Waals surface area contributed by atoms with Gasteiger partial charge in [0, 0.05) is 30.0 Å². The molecular weight excluding hydrogens is 507 g/mol. The Labute approximate surface area is 215 Å². The second-order valence-corrected chi connectivity index (χ2v) is 8.12. The standard InChI is InChI=1S/C25H24F3N5O5/c1-2-38-20-19(23(34)35)31-21(32-22(20)33-10-12-37-13-11-33)15-6-8-17(9-7-15)29-24(36)30-18-5-3-4-16(14-18)25(26,27)28/h3-9,14H,2,10-13H2,1H3,(H,34,35)(H2,29,30,36). The number of carbonyl (C=O) groups excluding carboxylic acids is 1. The second-order valence-electron chi connectivity index (χ2n) is 8.12. The number of aromatic carboxylic acids is 1. The molecule has 2 heterocycles. The van der Waals surface area contributed by atoms with Gasteiger partial charge in [0.15, 0.2) is 23.1 Å². The fourth-order valence-corrected chi connectivity index (χ4v) is 3.75. The number of benzene rings is 2. The van der Waals surface area contributed by atoms with Crippen LogP contribution in [0.1, 0.15) is 23.0 Å². The van der Waals surface area contributed by atoms with E-state index in [4.69, 9.17) is 9.47 Å². The lowest BCUT2D eigenvalue weighted by molar-refractivity contribution is -0.137. The van der Waals surface area contributed by atoms with Gasteiger partial charge in [-0.3, -0.25) is 0 Å². The number of halogens is 3. The molecule has 2 aromatic carbocycles. The number of rotatable bonds is 7. The van der Waals surface area contributed by atoms with Gasteiger partial charge in [-0.2, -0.15) is 13.2 Å². The van der Waals surface area contributed by atoms with Crippen LogP contribution in [0.3, 0.4) is 0 Å². The van der Waals surface area contributed by atoms with E-state index >= 15 is 0 Å². The van der Waals surface area contributed by atoms with Crippen molar-refractivity contribution < 1.29 is 37.3 Å². The first-order valence-corrected chi connectivity index (χ1v) is 11.6. The first-order valence-electron chi connectivity index (χ1n) is 11.6. The van der Waals surface area contributed by atoms with Crippen molar-refractivity contribution >= 4 is 29.2 Å². The molecule has 10 nitrogen and oxygen atoms in total. The van der Waals surface area contributed by atoms with Crippen LogP contribution in [-0.4, -0.2) is 60.0 Å². The molecule has 0 saturated carbocycles. The molecule has 1 aromatic heterocycles. The molecule has 3 aromatic rings. The van der Waals surface area contributed by atoms with E-state index in [-0.39, 0.29) is 29.6 Å². The quantitative estimate of drug-likeness (QED) is 0.399. The summed E-state index contributed by atoms with van der Waals surface area (Å²) >= 11 is 0. The summed E-state index contributed by atoms with van der Waals surface area (Å²) in [7, 11) is 0. The van der Waals surface area contributed by atoms with E-state index in [1.165, 1.54) is 24.3 Å². The van der Waals surface area contributed by atoms with Crippen molar-refractivity contribution in [1.29, 1.82) is 0 Å². The number of carbonyl (C=O) groups is 2. The Bertz CT molecular complexity index is 1310. The highest BCUT2D eigenvalue weighted by atomic mass is 19.4. The van der Waals surface area contributed by atoms with Crippen molar-refractivity contribution in [1.82, 2.24) is 9.97 Å². The fraction of sp³-hybridized carbons (Fsp3) is 0.280. The number of carboxylic acids is 1. The number of anilines is 3. The number of urea groups is 1. The maximum Gasteiger partial charge on any atom is 0.416 e. The third kappa shape index (κ3) is 6.29. The van der Waals surface area contributed by atoms with Crippen LogP contribution < -0.4 is 20.3 Å². The number of carboxylic acid groups (broad SMARTS) is 1. The zero-order valence-corrected chi connectivity index (χ0v) is 20.2. The Morgan fingerprint density at radius 1 is 1.05 bits per heavy atom. The lowest BCUT2D eigenvalue weighted by Gasteiger charge is -2.29. The van der Waals surface area contributed by atoms with Crippen molar-refractivity contribution in [2.75, 3.05) is 48.4 Å². The number of hydrogen-bond acceptors (Lipinski definition) is 7. The summed E-state index contributed by atoms with van der Waals surface area (Å²) in [4.78, 5) is 35.0. The van der Waals surface area contributed by atoms with Gasteiger partial charge < -0.3 is 30.1 Å². The smallest absolute Gasteiger partial charge is 0.416 e. The third-order valence-corrected chi connectivity index (χ3v) is 5.50. The summed E-state index contributed by atoms with van der Waals surface area (Å²) in [5.74, 6) is -0.695. The van der Waals surface area contributed by atoms with E-state index < -0.39 is 23.7 Å². The summed E-state index contributed by atoms with van der Waals surface area (Å²) in [6.45, 7) is 3.87. The molecule has 0 spiro atoms. The number of morpholine rings is 1. The molecule has 38 heavy (non-hydrogen) atoms. The van der Waals surface area contributed by atoms with Crippen LogP contribution in [0.5, 0.6) is 5.75 Å². The Kier molecular flexibility index (Phi) is 7.96. The molecule has 0 unspecified atom stereocenters. The lowest BCUT2D eigenvalue weighted by atomic mass is 10.1. The van der Waals surface area contributed by atoms with Crippen molar-refractivity contribution in [2.24, 2.45) is 0 Å². The predicted molar refractivity (Wildman–Crippen MR) is 133 cm³/mol. The first kappa shape index (κ1) is 26.7. The Balaban J connectivity index is 1.55. The van der Waals surface area contributed by atoms with Gasteiger partial charge in [-0.1, -0.05) is 6.07 Å². The van der Waals surface area contributed by atoms with Crippen molar-refractivity contribution in [3.63, 3.8) is 0 Å². The highest BCUT2D eigenvalue weighted by Crippen LogP contribution is 2.33. The molecule has 13 heteroatoms. The monoisotopic (exact) mass is 531 g/mol. The molecule has 0 atom stereocenters. The number of aromatic nitrogens is 2. The first-order chi connectivity index (χ1) is 18.2. The second kappa shape index (κ2) is 11.3. The van der Waals surface area contributed by atoms with Crippen LogP contribution in [0, 0.1) is 0 Å². The molecule has 1 aliphatic rings. The van der Waals surface area contributed by atoms with E-state index in [2.05, 4.69) is 20.6 Å². The average molecular weight is 531 g/mol. The van der Waals surface area contributed by atoms with E-state index in [1.807, 2.05) is 4.90 Å². The van der Waals surface area contributed by atoms with Gasteiger partial charge in [-0.05, 0) is 49.4 Å². The lowest BCUT2D eigenvalue weighted by Crippen LogP contribution is -2.37. The molecule has 0 bridgehead atoms. The van der Waals surface area contributed by atoms with Gasteiger partial charge in [0.25, 0.3) is 0 Å².